The van der Waals surface area contributed by atoms with Crippen LogP contribution in [0.2, 0.25) is 0 Å². The molecule has 2 N–H and O–H groups in total. The second-order valence-electron chi connectivity index (χ2n) is 3.65. The van der Waals surface area contributed by atoms with Gasteiger partial charge in [0.2, 0.25) is 0 Å². The molecule has 18 heavy (non-hydrogen) atoms. The van der Waals surface area contributed by atoms with Crippen LogP contribution in [0.1, 0.15) is 0 Å². The molecule has 0 saturated carbocycles. The Bertz CT molecular complexity index is 556. The van der Waals surface area contributed by atoms with Gasteiger partial charge < -0.3 is 5.32 Å². The first-order chi connectivity index (χ1) is 8.29. The van der Waals surface area contributed by atoms with Gasteiger partial charge in [0.25, 0.3) is 10.0 Å². The molecule has 0 aliphatic carbocycles. The highest BCUT2D eigenvalue weighted by molar-refractivity contribution is 7.89. The van der Waals surface area contributed by atoms with Crippen LogP contribution in [0.5, 0.6) is 0 Å². The van der Waals surface area contributed by atoms with Gasteiger partial charge in [0.05, 0.1) is 4.92 Å². The summed E-state index contributed by atoms with van der Waals surface area (Å²) in [7, 11) is 0.466. The summed E-state index contributed by atoms with van der Waals surface area (Å²) in [5, 5.41) is 14.8. The summed E-state index contributed by atoms with van der Waals surface area (Å²) >= 11 is 0. The van der Waals surface area contributed by atoms with Crippen LogP contribution in [0.15, 0.2) is 23.1 Å². The predicted molar refractivity (Wildman–Crippen MR) is 66.7 cm³/mol. The Morgan fingerprint density at radius 1 is 1.33 bits per heavy atom. The summed E-state index contributed by atoms with van der Waals surface area (Å²) in [5.41, 5.74) is -0.337. The van der Waals surface area contributed by atoms with Crippen molar-refractivity contribution in [1.82, 2.24) is 9.84 Å². The fourth-order valence-corrected chi connectivity index (χ4v) is 2.69. The lowest BCUT2D eigenvalue weighted by Gasteiger charge is -2.13. The van der Waals surface area contributed by atoms with Crippen LogP contribution in [-0.4, -0.2) is 39.5 Å². The fraction of sp³-hybridized carbons (Fsp3) is 0.333. The molecule has 0 spiro atoms. The Hall–Kier alpha value is -1.71. The van der Waals surface area contributed by atoms with Crippen LogP contribution >= 0.6 is 0 Å². The monoisotopic (exact) mass is 274 g/mol. The molecule has 0 heterocycles. The SMILES string of the molecule is CNc1cccc(S(=O)(=O)NN(C)C)c1[N+](=O)[O-]. The molecule has 0 amide bonds. The van der Waals surface area contributed by atoms with Gasteiger partial charge in [-0.15, -0.1) is 4.83 Å². The number of benzene rings is 1. The lowest BCUT2D eigenvalue weighted by molar-refractivity contribution is -0.386. The van der Waals surface area contributed by atoms with Crippen LogP contribution in [0.4, 0.5) is 11.4 Å². The zero-order valence-electron chi connectivity index (χ0n) is 10.2. The van der Waals surface area contributed by atoms with E-state index in [0.717, 1.165) is 0 Å². The van der Waals surface area contributed by atoms with E-state index in [1.807, 2.05) is 0 Å². The highest BCUT2D eigenvalue weighted by atomic mass is 32.2. The van der Waals surface area contributed by atoms with Crippen molar-refractivity contribution in [2.45, 2.75) is 4.90 Å². The van der Waals surface area contributed by atoms with Crippen molar-refractivity contribution in [1.29, 1.82) is 0 Å². The Labute approximate surface area is 105 Å². The van der Waals surface area contributed by atoms with Crippen molar-refractivity contribution in [3.05, 3.63) is 28.3 Å². The summed E-state index contributed by atoms with van der Waals surface area (Å²) in [5.74, 6) is 0. The number of hydrogen-bond acceptors (Lipinski definition) is 6. The maximum atomic E-state index is 12.0. The van der Waals surface area contributed by atoms with E-state index in [0.29, 0.717) is 0 Å². The summed E-state index contributed by atoms with van der Waals surface area (Å²) in [4.78, 5) is 12.0. The van der Waals surface area contributed by atoms with E-state index in [1.165, 1.54) is 44.4 Å². The Kier molecular flexibility index (Phi) is 4.22. The van der Waals surface area contributed by atoms with Gasteiger partial charge in [-0.05, 0) is 12.1 Å². The predicted octanol–water partition coefficient (Wildman–Crippen LogP) is 0.391. The largest absolute Gasteiger partial charge is 0.383 e. The lowest BCUT2D eigenvalue weighted by Crippen LogP contribution is -2.36. The van der Waals surface area contributed by atoms with Gasteiger partial charge in [0, 0.05) is 21.1 Å². The Morgan fingerprint density at radius 3 is 2.39 bits per heavy atom. The molecule has 0 aliphatic rings. The molecule has 8 nitrogen and oxygen atoms in total. The summed E-state index contributed by atoms with van der Waals surface area (Å²) in [6, 6.07) is 4.06. The minimum atomic E-state index is -3.97. The molecular formula is C9H14N4O4S. The fourth-order valence-electron chi connectivity index (χ4n) is 1.42. The number of hydrazine groups is 1. The van der Waals surface area contributed by atoms with Crippen molar-refractivity contribution in [2.24, 2.45) is 0 Å². The molecule has 0 fully saturated rings. The maximum Gasteiger partial charge on any atom is 0.312 e. The maximum absolute atomic E-state index is 12.0. The zero-order chi connectivity index (χ0) is 13.9. The van der Waals surface area contributed by atoms with Crippen molar-refractivity contribution in [2.75, 3.05) is 26.5 Å². The second-order valence-corrected chi connectivity index (χ2v) is 5.28. The minimum Gasteiger partial charge on any atom is -0.383 e. The number of nitro groups is 1. The van der Waals surface area contributed by atoms with E-state index >= 15 is 0 Å². The standard InChI is InChI=1S/C9H14N4O4S/c1-10-7-5-4-6-8(9(7)13(14)15)18(16,17)11-12(2)3/h4-6,10-11H,1-3H3. The van der Waals surface area contributed by atoms with Crippen LogP contribution in [0, 0.1) is 10.1 Å². The highest BCUT2D eigenvalue weighted by Gasteiger charge is 2.28. The highest BCUT2D eigenvalue weighted by Crippen LogP contribution is 2.31. The third kappa shape index (κ3) is 2.94. The van der Waals surface area contributed by atoms with E-state index in [-0.39, 0.29) is 10.6 Å². The number of hydrogen-bond donors (Lipinski definition) is 2. The number of nitrogens with one attached hydrogen (secondary N) is 2. The van der Waals surface area contributed by atoms with E-state index in [1.54, 1.807) is 0 Å². The lowest BCUT2D eigenvalue weighted by atomic mass is 10.3. The third-order valence-corrected chi connectivity index (χ3v) is 3.56. The molecule has 0 atom stereocenters. The molecule has 0 saturated heterocycles. The first-order valence-electron chi connectivity index (χ1n) is 4.94. The van der Waals surface area contributed by atoms with Crippen LogP contribution < -0.4 is 10.1 Å². The van der Waals surface area contributed by atoms with E-state index in [2.05, 4.69) is 10.1 Å². The molecule has 1 aromatic carbocycles. The molecule has 1 aromatic rings. The summed E-state index contributed by atoms with van der Waals surface area (Å²) in [6.45, 7) is 0. The quantitative estimate of drug-likeness (QED) is 0.594. The van der Waals surface area contributed by atoms with Gasteiger partial charge in [-0.2, -0.15) is 0 Å². The summed E-state index contributed by atoms with van der Waals surface area (Å²) < 4.78 is 23.9. The third-order valence-electron chi connectivity index (χ3n) is 2.04. The number of anilines is 1. The first kappa shape index (κ1) is 14.4. The Morgan fingerprint density at radius 2 is 1.94 bits per heavy atom. The van der Waals surface area contributed by atoms with Gasteiger partial charge in [0.1, 0.15) is 5.69 Å². The molecule has 0 aromatic heterocycles. The minimum absolute atomic E-state index is 0.140. The van der Waals surface area contributed by atoms with E-state index in [9.17, 15) is 18.5 Å². The molecule has 9 heteroatoms. The number of para-hydroxylation sites is 1. The number of nitrogens with zero attached hydrogens (tertiary/aromatic N) is 2. The van der Waals surface area contributed by atoms with Gasteiger partial charge in [-0.3, -0.25) is 10.1 Å². The molecule has 100 valence electrons. The van der Waals surface area contributed by atoms with E-state index < -0.39 is 20.6 Å². The number of sulfonamides is 1. The summed E-state index contributed by atoms with van der Waals surface area (Å²) in [6.07, 6.45) is 0. The van der Waals surface area contributed by atoms with Gasteiger partial charge in [-0.1, -0.05) is 6.07 Å². The van der Waals surface area contributed by atoms with Crippen molar-refractivity contribution in [3.63, 3.8) is 0 Å². The van der Waals surface area contributed by atoms with Gasteiger partial charge >= 0.3 is 5.69 Å². The zero-order valence-corrected chi connectivity index (χ0v) is 11.0. The molecule has 0 unspecified atom stereocenters. The van der Waals surface area contributed by atoms with Crippen LogP contribution in [-0.2, 0) is 10.0 Å². The molecule has 1 rings (SSSR count). The second kappa shape index (κ2) is 5.29. The first-order valence-corrected chi connectivity index (χ1v) is 6.43. The topological polar surface area (TPSA) is 105 Å². The van der Waals surface area contributed by atoms with Crippen molar-refractivity contribution in [3.8, 4) is 0 Å². The molecular weight excluding hydrogens is 260 g/mol. The average Bonchev–Trinajstić information content (AvgIpc) is 2.26. The molecule has 0 bridgehead atoms. The average molecular weight is 274 g/mol. The van der Waals surface area contributed by atoms with Crippen molar-refractivity contribution < 1.29 is 13.3 Å². The van der Waals surface area contributed by atoms with Crippen molar-refractivity contribution >= 4 is 21.4 Å². The van der Waals surface area contributed by atoms with E-state index in [4.69, 9.17) is 0 Å². The van der Waals surface area contributed by atoms with Gasteiger partial charge in [-0.25, -0.2) is 13.4 Å². The number of rotatable bonds is 5. The number of nitro benzene ring substituents is 1. The normalized spacial score (nSPS) is 11.6. The molecule has 0 aliphatic heterocycles. The smallest absolute Gasteiger partial charge is 0.312 e. The van der Waals surface area contributed by atoms with Gasteiger partial charge in [0.15, 0.2) is 4.90 Å². The van der Waals surface area contributed by atoms with Crippen LogP contribution in [0.3, 0.4) is 0 Å². The van der Waals surface area contributed by atoms with Crippen LogP contribution in [0.25, 0.3) is 0 Å². The Balaban J connectivity index is 3.46. The molecule has 0 radical (unpaired) electrons.